The number of halogens is 2. The van der Waals surface area contributed by atoms with Crippen LogP contribution in [-0.4, -0.2) is 35.1 Å². The Morgan fingerprint density at radius 2 is 1.86 bits per heavy atom. The lowest BCUT2D eigenvalue weighted by atomic mass is 10.1. The largest absolute Gasteiger partial charge is 0.444 e. The Bertz CT molecular complexity index is 942. The zero-order valence-corrected chi connectivity index (χ0v) is 19.3. The van der Waals surface area contributed by atoms with E-state index in [-0.39, 0.29) is 11.9 Å². The van der Waals surface area contributed by atoms with Crippen molar-refractivity contribution in [1.29, 1.82) is 0 Å². The first-order valence-corrected chi connectivity index (χ1v) is 10.6. The van der Waals surface area contributed by atoms with Crippen LogP contribution in [0.3, 0.4) is 0 Å². The molecule has 0 aromatic heterocycles. The van der Waals surface area contributed by atoms with Crippen molar-refractivity contribution in [2.24, 2.45) is 0 Å². The van der Waals surface area contributed by atoms with Gasteiger partial charge in [0.25, 0.3) is 5.91 Å². The highest BCUT2D eigenvalue weighted by Crippen LogP contribution is 2.31. The van der Waals surface area contributed by atoms with Crippen LogP contribution in [0.15, 0.2) is 46.9 Å². The fourth-order valence-electron chi connectivity index (χ4n) is 3.27. The highest BCUT2D eigenvalue weighted by atomic mass is 79.9. The molecule has 29 heavy (non-hydrogen) atoms. The number of rotatable bonds is 1. The quantitative estimate of drug-likeness (QED) is 0.512. The third kappa shape index (κ3) is 4.93. The van der Waals surface area contributed by atoms with Crippen molar-refractivity contribution in [2.45, 2.75) is 45.9 Å². The molecule has 0 fully saturated rings. The molecular weight excluding hydrogens is 456 g/mol. The second-order valence-corrected chi connectivity index (χ2v) is 9.45. The van der Waals surface area contributed by atoms with Crippen molar-refractivity contribution < 1.29 is 14.3 Å². The summed E-state index contributed by atoms with van der Waals surface area (Å²) in [4.78, 5) is 29.5. The lowest BCUT2D eigenvalue weighted by Crippen LogP contribution is -2.46. The van der Waals surface area contributed by atoms with Crippen molar-refractivity contribution in [3.05, 3.63) is 63.1 Å². The molecule has 154 valence electrons. The van der Waals surface area contributed by atoms with Crippen molar-refractivity contribution >= 4 is 45.2 Å². The number of hydrogen-bond donors (Lipinski definition) is 0. The number of para-hydroxylation sites is 1. The first-order chi connectivity index (χ1) is 13.6. The van der Waals surface area contributed by atoms with Crippen molar-refractivity contribution in [3.63, 3.8) is 0 Å². The SMILES string of the molecule is CC1CN(C(=O)c2ccc(Br)cc2Cl)c2ccccc2CN1C(=O)OC(C)(C)C. The van der Waals surface area contributed by atoms with Crippen molar-refractivity contribution in [2.75, 3.05) is 11.4 Å². The zero-order chi connectivity index (χ0) is 21.3. The minimum Gasteiger partial charge on any atom is -0.444 e. The van der Waals surface area contributed by atoms with Gasteiger partial charge in [0, 0.05) is 16.7 Å². The third-order valence-electron chi connectivity index (χ3n) is 4.64. The minimum absolute atomic E-state index is 0.201. The molecule has 1 heterocycles. The van der Waals surface area contributed by atoms with Crippen LogP contribution in [0, 0.1) is 0 Å². The maximum atomic E-state index is 13.4. The number of hydrogen-bond acceptors (Lipinski definition) is 3. The summed E-state index contributed by atoms with van der Waals surface area (Å²) in [7, 11) is 0. The summed E-state index contributed by atoms with van der Waals surface area (Å²) in [6, 6.07) is 12.6. The summed E-state index contributed by atoms with van der Waals surface area (Å²) in [5.74, 6) is -0.201. The number of amides is 2. The maximum Gasteiger partial charge on any atom is 0.410 e. The number of carbonyl (C=O) groups is 2. The Labute approximate surface area is 184 Å². The van der Waals surface area contributed by atoms with Gasteiger partial charge in [-0.05, 0) is 57.5 Å². The normalized spacial score (nSPS) is 16.8. The predicted molar refractivity (Wildman–Crippen MR) is 119 cm³/mol. The lowest BCUT2D eigenvalue weighted by molar-refractivity contribution is 0.0167. The molecule has 2 aromatic rings. The van der Waals surface area contributed by atoms with E-state index in [0.29, 0.717) is 23.7 Å². The molecule has 1 unspecified atom stereocenters. The highest BCUT2D eigenvalue weighted by Gasteiger charge is 2.34. The zero-order valence-electron chi connectivity index (χ0n) is 16.9. The number of nitrogens with zero attached hydrogens (tertiary/aromatic N) is 2. The van der Waals surface area contributed by atoms with E-state index in [2.05, 4.69) is 15.9 Å². The maximum absolute atomic E-state index is 13.4. The summed E-state index contributed by atoms with van der Waals surface area (Å²) in [6.45, 7) is 8.14. The number of fused-ring (bicyclic) bond motifs is 1. The van der Waals surface area contributed by atoms with E-state index in [0.717, 1.165) is 15.7 Å². The third-order valence-corrected chi connectivity index (χ3v) is 5.44. The fraction of sp³-hybridized carbons (Fsp3) is 0.364. The minimum atomic E-state index is -0.594. The average molecular weight is 480 g/mol. The van der Waals surface area contributed by atoms with Crippen LogP contribution in [0.5, 0.6) is 0 Å². The van der Waals surface area contributed by atoms with Crippen LogP contribution in [0.2, 0.25) is 5.02 Å². The van der Waals surface area contributed by atoms with E-state index in [1.165, 1.54) is 0 Å². The van der Waals surface area contributed by atoms with E-state index in [4.69, 9.17) is 16.3 Å². The molecular formula is C22H24BrClN2O3. The molecule has 0 saturated carbocycles. The van der Waals surface area contributed by atoms with E-state index in [1.807, 2.05) is 52.0 Å². The number of carbonyl (C=O) groups excluding carboxylic acids is 2. The Morgan fingerprint density at radius 1 is 1.17 bits per heavy atom. The van der Waals surface area contributed by atoms with Crippen molar-refractivity contribution in [3.8, 4) is 0 Å². The summed E-state index contributed by atoms with van der Waals surface area (Å²) in [5.41, 5.74) is 1.48. The van der Waals surface area contributed by atoms with Gasteiger partial charge >= 0.3 is 6.09 Å². The molecule has 2 aromatic carbocycles. The molecule has 2 amide bonds. The van der Waals surface area contributed by atoms with Gasteiger partial charge in [-0.2, -0.15) is 0 Å². The smallest absolute Gasteiger partial charge is 0.410 e. The van der Waals surface area contributed by atoms with Gasteiger partial charge in [-0.1, -0.05) is 45.7 Å². The lowest BCUT2D eigenvalue weighted by Gasteiger charge is -2.31. The Balaban J connectivity index is 1.98. The van der Waals surface area contributed by atoms with E-state index >= 15 is 0 Å². The first kappa shape index (κ1) is 21.7. The van der Waals surface area contributed by atoms with Gasteiger partial charge in [0.15, 0.2) is 0 Å². The van der Waals surface area contributed by atoms with Gasteiger partial charge in [0.1, 0.15) is 5.60 Å². The Morgan fingerprint density at radius 3 is 2.52 bits per heavy atom. The first-order valence-electron chi connectivity index (χ1n) is 9.41. The molecule has 0 radical (unpaired) electrons. The number of anilines is 1. The molecule has 1 aliphatic rings. The van der Waals surface area contributed by atoms with E-state index < -0.39 is 11.7 Å². The molecule has 1 aliphatic heterocycles. The average Bonchev–Trinajstić information content (AvgIpc) is 2.77. The molecule has 5 nitrogen and oxygen atoms in total. The summed E-state index contributed by atoms with van der Waals surface area (Å²) < 4.78 is 6.39. The Hall–Kier alpha value is -2.05. The van der Waals surface area contributed by atoms with E-state index in [9.17, 15) is 9.59 Å². The summed E-state index contributed by atoms with van der Waals surface area (Å²) >= 11 is 9.71. The van der Waals surface area contributed by atoms with Gasteiger partial charge in [0.2, 0.25) is 0 Å². The number of benzene rings is 2. The summed E-state index contributed by atoms with van der Waals surface area (Å²) in [6.07, 6.45) is -0.393. The monoisotopic (exact) mass is 478 g/mol. The molecule has 3 rings (SSSR count). The van der Waals surface area contributed by atoms with Crippen LogP contribution in [0.4, 0.5) is 10.5 Å². The highest BCUT2D eigenvalue weighted by molar-refractivity contribution is 9.10. The van der Waals surface area contributed by atoms with Crippen LogP contribution in [0.1, 0.15) is 43.6 Å². The van der Waals surface area contributed by atoms with Crippen LogP contribution in [-0.2, 0) is 11.3 Å². The summed E-state index contributed by atoms with van der Waals surface area (Å²) in [5, 5.41) is 0.378. The van der Waals surface area contributed by atoms with Gasteiger partial charge in [0.05, 0.1) is 23.2 Å². The topological polar surface area (TPSA) is 49.9 Å². The van der Waals surface area contributed by atoms with Crippen molar-refractivity contribution in [1.82, 2.24) is 4.90 Å². The van der Waals surface area contributed by atoms with Crippen LogP contribution < -0.4 is 4.90 Å². The molecule has 0 N–H and O–H groups in total. The molecule has 0 bridgehead atoms. The van der Waals surface area contributed by atoms with Gasteiger partial charge in [-0.15, -0.1) is 0 Å². The fourth-order valence-corrected chi connectivity index (χ4v) is 4.03. The molecule has 1 atom stereocenters. The standard InChI is InChI=1S/C22H24BrClN2O3/c1-14-12-26(20(27)17-10-9-16(23)11-18(17)24)19-8-6-5-7-15(19)13-25(14)21(28)29-22(2,3)4/h5-11,14H,12-13H2,1-4H3. The molecule has 0 spiro atoms. The van der Waals surface area contributed by atoms with E-state index in [1.54, 1.807) is 28.0 Å². The second kappa shape index (κ2) is 8.36. The molecule has 0 saturated heterocycles. The second-order valence-electron chi connectivity index (χ2n) is 8.13. The van der Waals surface area contributed by atoms with Crippen LogP contribution >= 0.6 is 27.5 Å². The van der Waals surface area contributed by atoms with Gasteiger partial charge in [-0.3, -0.25) is 9.69 Å². The Kier molecular flexibility index (Phi) is 6.24. The molecule has 0 aliphatic carbocycles. The predicted octanol–water partition coefficient (Wildman–Crippen LogP) is 5.89. The van der Waals surface area contributed by atoms with Gasteiger partial charge < -0.3 is 9.64 Å². The van der Waals surface area contributed by atoms with Crippen LogP contribution in [0.25, 0.3) is 0 Å². The molecule has 7 heteroatoms. The van der Waals surface area contributed by atoms with Gasteiger partial charge in [-0.25, -0.2) is 4.79 Å². The number of ether oxygens (including phenoxy) is 1.